The van der Waals surface area contributed by atoms with Crippen molar-refractivity contribution in [1.29, 1.82) is 0 Å². The second kappa shape index (κ2) is 9.81. The van der Waals surface area contributed by atoms with E-state index in [1.165, 1.54) is 0 Å². The van der Waals surface area contributed by atoms with Gasteiger partial charge in [-0.15, -0.1) is 0 Å². The Morgan fingerprint density at radius 3 is 2.48 bits per heavy atom. The maximum atomic E-state index is 12.2. The Labute approximate surface area is 148 Å². The number of anilines is 1. The van der Waals surface area contributed by atoms with Gasteiger partial charge in [-0.25, -0.2) is 5.10 Å². The third-order valence-electron chi connectivity index (χ3n) is 4.29. The number of fused-ring (bicyclic) bond motifs is 1. The molecule has 0 aliphatic rings. The molecule has 6 heteroatoms. The molecule has 0 atom stereocenters. The van der Waals surface area contributed by atoms with Gasteiger partial charge in [-0.1, -0.05) is 44.9 Å². The van der Waals surface area contributed by atoms with Gasteiger partial charge in [-0.2, -0.15) is 5.10 Å². The molecule has 3 N–H and O–H groups in total. The minimum absolute atomic E-state index is 0.132. The number of benzene rings is 1. The molecule has 0 radical (unpaired) electrons. The van der Waals surface area contributed by atoms with Crippen LogP contribution in [0, 0.1) is 5.92 Å². The average Bonchev–Trinajstić information content (AvgIpc) is 2.63. The SMILES string of the molecule is CCCC(CCC)C(=O)NCCCNc1n[nH]c(=O)c2ccccc12. The maximum Gasteiger partial charge on any atom is 0.272 e. The number of amides is 1. The number of aromatic amines is 1. The summed E-state index contributed by atoms with van der Waals surface area (Å²) < 4.78 is 0. The van der Waals surface area contributed by atoms with Crippen LogP contribution in [0.2, 0.25) is 0 Å². The van der Waals surface area contributed by atoms with E-state index in [0.29, 0.717) is 24.3 Å². The first-order valence-corrected chi connectivity index (χ1v) is 9.16. The van der Waals surface area contributed by atoms with E-state index in [9.17, 15) is 9.59 Å². The highest BCUT2D eigenvalue weighted by Gasteiger charge is 2.15. The van der Waals surface area contributed by atoms with Crippen LogP contribution in [0.15, 0.2) is 29.1 Å². The summed E-state index contributed by atoms with van der Waals surface area (Å²) in [6.45, 7) is 5.54. The van der Waals surface area contributed by atoms with Gasteiger partial charge in [0.15, 0.2) is 5.82 Å². The molecule has 1 heterocycles. The number of hydrogen-bond donors (Lipinski definition) is 3. The zero-order valence-corrected chi connectivity index (χ0v) is 15.1. The lowest BCUT2D eigenvalue weighted by atomic mass is 9.97. The van der Waals surface area contributed by atoms with Crippen molar-refractivity contribution in [3.05, 3.63) is 34.6 Å². The predicted octanol–water partition coefficient (Wildman–Crippen LogP) is 3.06. The predicted molar refractivity (Wildman–Crippen MR) is 102 cm³/mol. The molecule has 0 fully saturated rings. The van der Waals surface area contributed by atoms with Crippen molar-refractivity contribution in [2.45, 2.75) is 46.0 Å². The van der Waals surface area contributed by atoms with Gasteiger partial charge >= 0.3 is 0 Å². The van der Waals surface area contributed by atoms with Crippen molar-refractivity contribution in [1.82, 2.24) is 15.5 Å². The van der Waals surface area contributed by atoms with E-state index in [0.717, 1.165) is 37.5 Å². The molecule has 0 aliphatic carbocycles. The minimum Gasteiger partial charge on any atom is -0.368 e. The van der Waals surface area contributed by atoms with E-state index >= 15 is 0 Å². The fourth-order valence-corrected chi connectivity index (χ4v) is 3.00. The fraction of sp³-hybridized carbons (Fsp3) is 0.526. The van der Waals surface area contributed by atoms with Gasteiger partial charge in [0.2, 0.25) is 5.91 Å². The van der Waals surface area contributed by atoms with Crippen LogP contribution in [0.25, 0.3) is 10.8 Å². The molecule has 2 aromatic rings. The standard InChI is InChI=1S/C19H28N4O2/c1-3-8-14(9-4-2)18(24)21-13-7-12-20-17-15-10-5-6-11-16(15)19(25)23-22-17/h5-6,10-11,14H,3-4,7-9,12-13H2,1-2H3,(H,20,22)(H,21,24)(H,23,25). The zero-order valence-electron chi connectivity index (χ0n) is 15.1. The molecule has 0 bridgehead atoms. The van der Waals surface area contributed by atoms with Gasteiger partial charge in [-0.05, 0) is 25.3 Å². The summed E-state index contributed by atoms with van der Waals surface area (Å²) >= 11 is 0. The number of nitrogens with zero attached hydrogens (tertiary/aromatic N) is 1. The Morgan fingerprint density at radius 2 is 1.80 bits per heavy atom. The molecular weight excluding hydrogens is 316 g/mol. The summed E-state index contributed by atoms with van der Waals surface area (Å²) in [4.78, 5) is 23.9. The Balaban J connectivity index is 1.81. The highest BCUT2D eigenvalue weighted by molar-refractivity contribution is 5.90. The maximum absolute atomic E-state index is 12.2. The van der Waals surface area contributed by atoms with Crippen molar-refractivity contribution in [2.75, 3.05) is 18.4 Å². The summed E-state index contributed by atoms with van der Waals surface area (Å²) in [7, 11) is 0. The topological polar surface area (TPSA) is 86.9 Å². The van der Waals surface area contributed by atoms with Crippen molar-refractivity contribution in [3.8, 4) is 0 Å². The summed E-state index contributed by atoms with van der Waals surface area (Å²) in [6, 6.07) is 7.38. The van der Waals surface area contributed by atoms with E-state index in [1.54, 1.807) is 6.07 Å². The summed E-state index contributed by atoms with van der Waals surface area (Å²) in [5.41, 5.74) is -0.189. The summed E-state index contributed by atoms with van der Waals surface area (Å²) in [6.07, 6.45) is 4.76. The van der Waals surface area contributed by atoms with Crippen LogP contribution >= 0.6 is 0 Å². The van der Waals surface area contributed by atoms with E-state index in [-0.39, 0.29) is 17.4 Å². The lowest BCUT2D eigenvalue weighted by molar-refractivity contribution is -0.125. The molecule has 0 saturated carbocycles. The lowest BCUT2D eigenvalue weighted by Gasteiger charge is -2.15. The normalized spacial score (nSPS) is 11.0. The van der Waals surface area contributed by atoms with Crippen molar-refractivity contribution in [3.63, 3.8) is 0 Å². The Morgan fingerprint density at radius 1 is 1.12 bits per heavy atom. The Bertz CT molecular complexity index is 736. The first-order chi connectivity index (χ1) is 12.2. The summed E-state index contributed by atoms with van der Waals surface area (Å²) in [5, 5.41) is 14.3. The molecule has 2 rings (SSSR count). The third-order valence-corrected chi connectivity index (χ3v) is 4.29. The number of hydrogen-bond acceptors (Lipinski definition) is 4. The Kier molecular flexibility index (Phi) is 7.44. The molecule has 0 aliphatic heterocycles. The number of nitrogens with one attached hydrogen (secondary N) is 3. The summed E-state index contributed by atoms with van der Waals surface area (Å²) in [5.74, 6) is 0.959. The zero-order chi connectivity index (χ0) is 18.1. The minimum atomic E-state index is -0.189. The molecule has 6 nitrogen and oxygen atoms in total. The van der Waals surface area contributed by atoms with Gasteiger partial charge in [0.05, 0.1) is 5.39 Å². The highest BCUT2D eigenvalue weighted by atomic mass is 16.2. The third kappa shape index (κ3) is 5.31. The average molecular weight is 344 g/mol. The fourth-order valence-electron chi connectivity index (χ4n) is 3.00. The molecule has 0 saturated heterocycles. The number of aromatic nitrogens is 2. The monoisotopic (exact) mass is 344 g/mol. The molecular formula is C19H28N4O2. The molecule has 1 amide bonds. The molecule has 0 unspecified atom stereocenters. The number of rotatable bonds is 10. The Hall–Kier alpha value is -2.37. The van der Waals surface area contributed by atoms with E-state index in [2.05, 4.69) is 34.7 Å². The lowest BCUT2D eigenvalue weighted by Crippen LogP contribution is -2.32. The quantitative estimate of drug-likeness (QED) is 0.578. The van der Waals surface area contributed by atoms with Gasteiger partial charge in [0.1, 0.15) is 0 Å². The van der Waals surface area contributed by atoms with Crippen LogP contribution in [-0.4, -0.2) is 29.2 Å². The number of H-pyrrole nitrogens is 1. The van der Waals surface area contributed by atoms with Crippen LogP contribution in [0.3, 0.4) is 0 Å². The molecule has 0 spiro atoms. The van der Waals surface area contributed by atoms with Crippen LogP contribution < -0.4 is 16.2 Å². The van der Waals surface area contributed by atoms with Crippen LogP contribution in [0.4, 0.5) is 5.82 Å². The second-order valence-electron chi connectivity index (χ2n) is 6.29. The van der Waals surface area contributed by atoms with Crippen molar-refractivity contribution < 1.29 is 4.79 Å². The van der Waals surface area contributed by atoms with Gasteiger partial charge in [0, 0.05) is 24.4 Å². The first-order valence-electron chi connectivity index (χ1n) is 9.16. The van der Waals surface area contributed by atoms with E-state index in [1.807, 2.05) is 18.2 Å². The van der Waals surface area contributed by atoms with Crippen molar-refractivity contribution in [2.24, 2.45) is 5.92 Å². The number of carbonyl (C=O) groups excluding carboxylic acids is 1. The van der Waals surface area contributed by atoms with Gasteiger partial charge < -0.3 is 10.6 Å². The van der Waals surface area contributed by atoms with E-state index < -0.39 is 0 Å². The largest absolute Gasteiger partial charge is 0.368 e. The van der Waals surface area contributed by atoms with Gasteiger partial charge in [-0.3, -0.25) is 9.59 Å². The molecule has 136 valence electrons. The van der Waals surface area contributed by atoms with Crippen LogP contribution in [0.1, 0.15) is 46.0 Å². The van der Waals surface area contributed by atoms with E-state index in [4.69, 9.17) is 0 Å². The van der Waals surface area contributed by atoms with Crippen LogP contribution in [0.5, 0.6) is 0 Å². The first kappa shape index (κ1) is 19.0. The molecule has 25 heavy (non-hydrogen) atoms. The molecule has 1 aromatic carbocycles. The smallest absolute Gasteiger partial charge is 0.272 e. The van der Waals surface area contributed by atoms with Crippen molar-refractivity contribution >= 4 is 22.5 Å². The van der Waals surface area contributed by atoms with Gasteiger partial charge in [0.25, 0.3) is 5.56 Å². The number of carbonyl (C=O) groups is 1. The van der Waals surface area contributed by atoms with Crippen LogP contribution in [-0.2, 0) is 4.79 Å². The molecule has 1 aromatic heterocycles. The second-order valence-corrected chi connectivity index (χ2v) is 6.29. The highest BCUT2D eigenvalue weighted by Crippen LogP contribution is 2.16.